The van der Waals surface area contributed by atoms with Crippen molar-refractivity contribution in [1.82, 2.24) is 0 Å². The topological polar surface area (TPSA) is 91.3 Å². The van der Waals surface area contributed by atoms with Crippen LogP contribution in [0.5, 0.6) is 0 Å². The highest BCUT2D eigenvalue weighted by atomic mass is 31.2. The van der Waals surface area contributed by atoms with Gasteiger partial charge in [-0.3, -0.25) is 13.8 Å². The van der Waals surface area contributed by atoms with E-state index in [9.17, 15) is 14.3 Å². The molecule has 71 heavy (non-hydrogen) atoms. The first kappa shape index (κ1) is 68.2. The molecule has 0 rings (SSSR count). The second kappa shape index (κ2) is 53.5. The molecule has 1 N–H and O–H groups in total. The number of hydrogen-bond acceptors (Lipinski definition) is 6. The van der Waals surface area contributed by atoms with Gasteiger partial charge in [0.05, 0.1) is 34.4 Å². The molecule has 0 saturated heterocycles. The predicted octanol–water partition coefficient (Wildman–Crippen LogP) is 18.3. The molecule has 0 aliphatic carbocycles. The van der Waals surface area contributed by atoms with Crippen LogP contribution in [-0.4, -0.2) is 75.6 Å². The third kappa shape index (κ3) is 57.9. The minimum Gasteiger partial charge on any atom is -0.457 e. The fraction of sp³-hybridized carbons (Fsp3) is 0.694. The number of allylic oxidation sites excluding steroid dienone is 18. The van der Waals surface area contributed by atoms with Crippen LogP contribution in [0.1, 0.15) is 219 Å². The molecule has 0 aliphatic rings. The third-order valence-corrected chi connectivity index (χ3v) is 12.8. The van der Waals surface area contributed by atoms with E-state index in [-0.39, 0.29) is 32.2 Å². The Labute approximate surface area is 438 Å². The highest BCUT2D eigenvalue weighted by Gasteiger charge is 2.26. The number of unbranched alkanes of at least 4 members (excludes halogenated alkanes) is 20. The van der Waals surface area contributed by atoms with Gasteiger partial charge in [-0.25, -0.2) is 4.57 Å². The lowest BCUT2D eigenvalue weighted by molar-refractivity contribution is -0.870. The van der Waals surface area contributed by atoms with Gasteiger partial charge in [0.25, 0.3) is 0 Å². The van der Waals surface area contributed by atoms with Gasteiger partial charge < -0.3 is 18.9 Å². The molecule has 8 nitrogen and oxygen atoms in total. The average molecular weight is 1010 g/mol. The molecule has 9 heteroatoms. The molecule has 0 spiro atoms. The Morgan fingerprint density at radius 3 is 1.23 bits per heavy atom. The number of quaternary nitrogens is 1. The van der Waals surface area contributed by atoms with Crippen LogP contribution in [0, 0.1) is 0 Å². The van der Waals surface area contributed by atoms with Crippen LogP contribution >= 0.6 is 7.82 Å². The number of carbonyl (C=O) groups is 1. The van der Waals surface area contributed by atoms with Crippen molar-refractivity contribution in [2.45, 2.75) is 225 Å². The molecule has 0 aliphatic heterocycles. The summed E-state index contributed by atoms with van der Waals surface area (Å²) >= 11 is 0. The molecular weight excluding hydrogens is 902 g/mol. The molecule has 0 radical (unpaired) electrons. The number of phosphoric ester groups is 1. The summed E-state index contributed by atoms with van der Waals surface area (Å²) in [6, 6.07) is 0. The molecule has 0 bridgehead atoms. The van der Waals surface area contributed by atoms with Gasteiger partial charge in [-0.2, -0.15) is 0 Å². The van der Waals surface area contributed by atoms with Gasteiger partial charge in [-0.1, -0.05) is 220 Å². The van der Waals surface area contributed by atoms with Crippen LogP contribution in [0.3, 0.4) is 0 Å². The van der Waals surface area contributed by atoms with E-state index in [1.54, 1.807) is 0 Å². The lowest BCUT2D eigenvalue weighted by atomic mass is 10.0. The Hall–Kier alpha value is -2.84. The number of nitrogens with zero attached hydrogens (tertiary/aromatic N) is 1. The third-order valence-electron chi connectivity index (χ3n) is 11.8. The number of rotatable bonds is 52. The molecule has 408 valence electrons. The van der Waals surface area contributed by atoms with E-state index in [0.29, 0.717) is 17.6 Å². The summed E-state index contributed by atoms with van der Waals surface area (Å²) in [4.78, 5) is 23.1. The largest absolute Gasteiger partial charge is 0.472 e. The van der Waals surface area contributed by atoms with E-state index >= 15 is 0 Å². The number of hydrogen-bond donors (Lipinski definition) is 1. The summed E-state index contributed by atoms with van der Waals surface area (Å²) in [7, 11) is 1.63. The number of ether oxygens (including phenoxy) is 2. The zero-order chi connectivity index (χ0) is 51.9. The summed E-state index contributed by atoms with van der Waals surface area (Å²) in [5.74, 6) is -0.348. The van der Waals surface area contributed by atoms with Crippen molar-refractivity contribution in [2.24, 2.45) is 0 Å². The van der Waals surface area contributed by atoms with Gasteiger partial charge in [0, 0.05) is 13.0 Å². The standard InChI is InChI=1S/C62H108NO7P/c1-6-8-10-12-14-16-18-20-22-24-26-28-30-32-33-35-37-39-41-43-45-47-49-51-53-55-62(64)70-61(60-69-71(65,66)68-58-56-63(3,4)5)59-67-57-54-52-50-48-46-44-42-40-38-36-34-31-29-27-25-23-21-19-17-15-13-11-9-7-2/h8,10,14,16,19-22,25-28,32-33,37,39,43,45,61H,6-7,9,11-13,15,17-18,23-24,29-31,34-36,38,40-42,44,46-60H2,1-5H3/p+1/b10-8-,16-14-,21-19-,22-20-,27-25-,28-26-,33-32-,39-37-,45-43-. The van der Waals surface area contributed by atoms with E-state index in [4.69, 9.17) is 18.5 Å². The van der Waals surface area contributed by atoms with Crippen LogP contribution in [0.4, 0.5) is 0 Å². The molecule has 2 unspecified atom stereocenters. The summed E-state index contributed by atoms with van der Waals surface area (Å²) in [6.07, 6.45) is 75.8. The van der Waals surface area contributed by atoms with E-state index in [0.717, 1.165) is 89.9 Å². The van der Waals surface area contributed by atoms with Crippen LogP contribution in [0.2, 0.25) is 0 Å². The lowest BCUT2D eigenvalue weighted by Crippen LogP contribution is -2.37. The normalized spacial score (nSPS) is 14.3. The zero-order valence-corrected chi connectivity index (χ0v) is 47.3. The van der Waals surface area contributed by atoms with Crippen molar-refractivity contribution >= 4 is 13.8 Å². The maximum Gasteiger partial charge on any atom is 0.472 e. The number of phosphoric acid groups is 1. The molecular formula is C62H109NO7P+. The molecule has 0 amide bonds. The Morgan fingerprint density at radius 2 is 0.817 bits per heavy atom. The first-order valence-electron chi connectivity index (χ1n) is 28.6. The summed E-state index contributed by atoms with van der Waals surface area (Å²) in [5, 5.41) is 0. The monoisotopic (exact) mass is 1010 g/mol. The first-order chi connectivity index (χ1) is 34.6. The van der Waals surface area contributed by atoms with Crippen LogP contribution in [-0.2, 0) is 27.9 Å². The Kier molecular flexibility index (Phi) is 51.3. The fourth-order valence-corrected chi connectivity index (χ4v) is 8.19. The maximum atomic E-state index is 12.8. The average Bonchev–Trinajstić information content (AvgIpc) is 3.33. The Balaban J connectivity index is 4.19. The Morgan fingerprint density at radius 1 is 0.451 bits per heavy atom. The van der Waals surface area contributed by atoms with Crippen molar-refractivity contribution in [2.75, 3.05) is 54.1 Å². The summed E-state index contributed by atoms with van der Waals surface area (Å²) in [6.45, 7) is 5.44. The minimum absolute atomic E-state index is 0.0756. The molecule has 2 atom stereocenters. The van der Waals surface area contributed by atoms with Crippen molar-refractivity contribution in [3.8, 4) is 0 Å². The second-order valence-corrected chi connectivity index (χ2v) is 21.4. The predicted molar refractivity (Wildman–Crippen MR) is 307 cm³/mol. The van der Waals surface area contributed by atoms with E-state index in [1.807, 2.05) is 21.1 Å². The van der Waals surface area contributed by atoms with Crippen molar-refractivity contribution < 1.29 is 37.3 Å². The van der Waals surface area contributed by atoms with Crippen LogP contribution in [0.15, 0.2) is 109 Å². The van der Waals surface area contributed by atoms with Crippen molar-refractivity contribution in [3.63, 3.8) is 0 Å². The van der Waals surface area contributed by atoms with Crippen molar-refractivity contribution in [1.29, 1.82) is 0 Å². The van der Waals surface area contributed by atoms with Gasteiger partial charge in [0.1, 0.15) is 19.3 Å². The second-order valence-electron chi connectivity index (χ2n) is 19.9. The summed E-state index contributed by atoms with van der Waals surface area (Å²) in [5.41, 5.74) is 0. The SMILES string of the molecule is CC/C=C\C/C=C\C/C=C\C/C=C\C/C=C\C/C=C\C/C=C\CCCCCC(=O)OC(COCCCCCCCCCCCCCC/C=C\C/C=C\CCCCCCC)COP(=O)(O)OCC[N+](C)(C)C. The van der Waals surface area contributed by atoms with Gasteiger partial charge in [0.15, 0.2) is 0 Å². The first-order valence-corrected chi connectivity index (χ1v) is 30.1. The lowest BCUT2D eigenvalue weighted by Gasteiger charge is -2.24. The molecule has 0 saturated carbocycles. The smallest absolute Gasteiger partial charge is 0.457 e. The van der Waals surface area contributed by atoms with E-state index in [2.05, 4.69) is 123 Å². The van der Waals surface area contributed by atoms with Crippen LogP contribution < -0.4 is 0 Å². The molecule has 0 aromatic heterocycles. The van der Waals surface area contributed by atoms with Gasteiger partial charge >= 0.3 is 13.8 Å². The fourth-order valence-electron chi connectivity index (χ4n) is 7.45. The zero-order valence-electron chi connectivity index (χ0n) is 46.4. The highest BCUT2D eigenvalue weighted by Crippen LogP contribution is 2.43. The quantitative estimate of drug-likeness (QED) is 0.0213. The van der Waals surface area contributed by atoms with Gasteiger partial charge in [-0.15, -0.1) is 0 Å². The van der Waals surface area contributed by atoms with Gasteiger partial charge in [-0.05, 0) is 103 Å². The number of likely N-dealkylation sites (N-methyl/N-ethyl adjacent to an activating group) is 1. The number of carbonyl (C=O) groups excluding carboxylic acids is 1. The van der Waals surface area contributed by atoms with Gasteiger partial charge in [0.2, 0.25) is 0 Å². The molecule has 0 fully saturated rings. The van der Waals surface area contributed by atoms with E-state index < -0.39 is 13.9 Å². The molecule has 0 aromatic rings. The highest BCUT2D eigenvalue weighted by molar-refractivity contribution is 7.47. The van der Waals surface area contributed by atoms with Crippen molar-refractivity contribution in [3.05, 3.63) is 109 Å². The molecule has 0 heterocycles. The molecule has 0 aromatic carbocycles. The summed E-state index contributed by atoms with van der Waals surface area (Å²) < 4.78 is 35.2. The maximum absolute atomic E-state index is 12.8. The van der Waals surface area contributed by atoms with E-state index in [1.165, 1.54) is 109 Å². The Bertz CT molecular complexity index is 1500. The number of esters is 1. The minimum atomic E-state index is -4.30. The van der Waals surface area contributed by atoms with Crippen LogP contribution in [0.25, 0.3) is 0 Å².